The molecule has 1 spiro atoms. The monoisotopic (exact) mass is 1010 g/mol. The third-order valence-electron chi connectivity index (χ3n) is 12.0. The van der Waals surface area contributed by atoms with Crippen LogP contribution in [0.4, 0.5) is 50.9 Å². The molecule has 4 aliphatic rings. The van der Waals surface area contributed by atoms with Crippen molar-refractivity contribution in [3.8, 4) is 17.6 Å². The van der Waals surface area contributed by atoms with Crippen LogP contribution in [0.5, 0.6) is 11.5 Å². The number of alkyl halides is 6. The Kier molecular flexibility index (Phi) is 13.4. The number of esters is 1. The van der Waals surface area contributed by atoms with Crippen LogP contribution in [0, 0.1) is 28.8 Å². The van der Waals surface area contributed by atoms with Gasteiger partial charge in [-0.2, -0.15) is 31.6 Å². The van der Waals surface area contributed by atoms with E-state index in [2.05, 4.69) is 0 Å². The number of ether oxygens (including phenoxy) is 2. The molecule has 0 aliphatic carbocycles. The first-order valence-electron chi connectivity index (χ1n) is 21.5. The first kappa shape index (κ1) is 51.7. The van der Waals surface area contributed by atoms with Gasteiger partial charge in [0.2, 0.25) is 0 Å². The van der Waals surface area contributed by atoms with Gasteiger partial charge in [-0.15, -0.1) is 11.8 Å². The first-order chi connectivity index (χ1) is 31.9. The zero-order valence-corrected chi connectivity index (χ0v) is 40.6. The van der Waals surface area contributed by atoms with Crippen LogP contribution in [-0.4, -0.2) is 76.9 Å². The predicted octanol–water partition coefficient (Wildman–Crippen LogP) is 12.2. The average Bonchev–Trinajstić information content (AvgIpc) is 3.52. The van der Waals surface area contributed by atoms with Crippen molar-refractivity contribution in [3.05, 3.63) is 87.2 Å². The average molecular weight is 1010 g/mol. The van der Waals surface area contributed by atoms with E-state index in [1.807, 2.05) is 38.4 Å². The number of hydrogen-bond acceptors (Lipinski definition) is 10. The zero-order chi connectivity index (χ0) is 51.2. The van der Waals surface area contributed by atoms with Gasteiger partial charge >= 0.3 is 30.1 Å². The van der Waals surface area contributed by atoms with E-state index in [1.54, 1.807) is 0 Å². The number of anilines is 2. The smallest absolute Gasteiger partial charge is 0.456 e. The number of rotatable bonds is 11. The number of thioether (sulfide) groups is 1. The van der Waals surface area contributed by atoms with Crippen molar-refractivity contribution in [2.75, 3.05) is 28.8 Å². The summed E-state index contributed by atoms with van der Waals surface area (Å²) in [5.74, 6) is -12.5. The van der Waals surface area contributed by atoms with Gasteiger partial charge in [-0.05, 0) is 92.5 Å². The van der Waals surface area contributed by atoms with E-state index in [1.165, 1.54) is 53.7 Å². The standard InChI is InChI=1S/C47H46F9N4O7PS/c1-22(2)60(23(3)4)68(64-13-11-12-57)65-14-15-69-39-36(48)34-35(37(49)38(39)50)45(67-40(34)61)28-16-26-24(5)20-43(7,8)58(41(62)46(51,52)53)30(26)18-32(28)66-33-19-31-27(17-29(33)45)25(6)21-44(9,10)59(31)42(63)47(54,55)56/h16-23H,11,13-15H2,1-10H3. The fourth-order valence-electron chi connectivity index (χ4n) is 9.56. The topological polar surface area (TPSA) is 122 Å². The highest BCUT2D eigenvalue weighted by Crippen LogP contribution is 2.62. The summed E-state index contributed by atoms with van der Waals surface area (Å²) in [6, 6.07) is 6.02. The van der Waals surface area contributed by atoms with Crippen LogP contribution in [-0.2, 0) is 29.0 Å². The largest absolute Gasteiger partial charge is 0.471 e. The summed E-state index contributed by atoms with van der Waals surface area (Å²) in [4.78, 5) is 40.5. The fraction of sp³-hybridized carbons (Fsp3) is 0.447. The molecule has 69 heavy (non-hydrogen) atoms. The summed E-state index contributed by atoms with van der Waals surface area (Å²) >= 11 is 0.471. The Morgan fingerprint density at radius 2 is 1.25 bits per heavy atom. The zero-order valence-electron chi connectivity index (χ0n) is 38.9. The van der Waals surface area contributed by atoms with Gasteiger partial charge in [0.25, 0.3) is 8.53 Å². The van der Waals surface area contributed by atoms with Gasteiger partial charge in [0.1, 0.15) is 17.1 Å². The van der Waals surface area contributed by atoms with Gasteiger partial charge in [0.15, 0.2) is 23.1 Å². The van der Waals surface area contributed by atoms with Gasteiger partial charge in [0, 0.05) is 52.2 Å². The highest BCUT2D eigenvalue weighted by molar-refractivity contribution is 7.99. The Morgan fingerprint density at radius 3 is 1.68 bits per heavy atom. The second-order valence-corrected chi connectivity index (χ2v) is 21.0. The van der Waals surface area contributed by atoms with Crippen molar-refractivity contribution in [2.45, 2.75) is 122 Å². The maximum atomic E-state index is 17.4. The van der Waals surface area contributed by atoms with Crippen molar-refractivity contribution in [2.24, 2.45) is 0 Å². The minimum Gasteiger partial charge on any atom is -0.456 e. The van der Waals surface area contributed by atoms with Gasteiger partial charge in [0.05, 0.1) is 58.6 Å². The molecule has 4 aliphatic heterocycles. The summed E-state index contributed by atoms with van der Waals surface area (Å²) in [6.07, 6.45) is -8.08. The molecule has 3 aromatic carbocycles. The Bertz CT molecular complexity index is 2660. The van der Waals surface area contributed by atoms with E-state index in [9.17, 15) is 40.7 Å². The van der Waals surface area contributed by atoms with Crippen LogP contribution in [0.1, 0.15) is 114 Å². The molecule has 4 heterocycles. The van der Waals surface area contributed by atoms with Crippen LogP contribution in [0.2, 0.25) is 0 Å². The minimum absolute atomic E-state index is 0.0346. The van der Waals surface area contributed by atoms with Crippen LogP contribution in [0.3, 0.4) is 0 Å². The van der Waals surface area contributed by atoms with Crippen molar-refractivity contribution >= 4 is 60.6 Å². The van der Waals surface area contributed by atoms with E-state index in [4.69, 9.17) is 23.8 Å². The van der Waals surface area contributed by atoms with Crippen molar-refractivity contribution in [3.63, 3.8) is 0 Å². The molecular weight excluding hydrogens is 967 g/mol. The maximum Gasteiger partial charge on any atom is 0.471 e. The maximum absolute atomic E-state index is 17.4. The Morgan fingerprint density at radius 1 is 0.783 bits per heavy atom. The molecule has 2 amide bonds. The number of allylic oxidation sites excluding steroid dienone is 2. The van der Waals surface area contributed by atoms with Gasteiger partial charge in [-0.25, -0.2) is 22.6 Å². The first-order valence-corrected chi connectivity index (χ1v) is 23.6. The van der Waals surface area contributed by atoms with Crippen LogP contribution in [0.25, 0.3) is 11.1 Å². The third kappa shape index (κ3) is 8.67. The molecule has 0 N–H and O–H groups in total. The molecule has 0 saturated heterocycles. The molecule has 1 atom stereocenters. The second kappa shape index (κ2) is 17.9. The highest BCUT2D eigenvalue weighted by atomic mass is 32.2. The van der Waals surface area contributed by atoms with Crippen molar-refractivity contribution in [1.29, 1.82) is 5.26 Å². The lowest BCUT2D eigenvalue weighted by atomic mass is 9.74. The lowest BCUT2D eigenvalue weighted by molar-refractivity contribution is -0.171. The van der Waals surface area contributed by atoms with Gasteiger partial charge in [-0.3, -0.25) is 19.4 Å². The number of benzene rings is 3. The number of hydrogen-bond donors (Lipinski definition) is 0. The molecule has 0 aromatic heterocycles. The molecule has 7 rings (SSSR count). The molecule has 11 nitrogen and oxygen atoms in total. The van der Waals surface area contributed by atoms with E-state index in [0.29, 0.717) is 21.6 Å². The quantitative estimate of drug-likeness (QED) is 0.0458. The SMILES string of the molecule is CC1=CC(C)(C)N(C(=O)C(F)(F)F)c2cc3c(cc21)C1(OC(=O)c2c(F)c(SCCOP(OCCC#N)N(C(C)C)C(C)C)c(F)c(F)c21)c1cc2c(cc1O3)N(C(=O)C(F)(F)F)C(C)(C)C=C2C. The molecule has 0 radical (unpaired) electrons. The third-order valence-corrected chi connectivity index (χ3v) is 15.1. The lowest BCUT2D eigenvalue weighted by Crippen LogP contribution is -2.54. The van der Waals surface area contributed by atoms with Crippen LogP contribution >= 0.6 is 20.3 Å². The summed E-state index contributed by atoms with van der Waals surface area (Å²) in [5, 5.41) is 9.05. The summed E-state index contributed by atoms with van der Waals surface area (Å²) in [5.41, 5.74) is -9.29. The molecule has 0 fully saturated rings. The second-order valence-electron chi connectivity index (χ2n) is 18.4. The Labute approximate surface area is 397 Å². The number of nitrogens with zero attached hydrogens (tertiary/aromatic N) is 4. The van der Waals surface area contributed by atoms with Crippen LogP contribution in [0.15, 0.2) is 41.3 Å². The minimum atomic E-state index is -5.42. The number of fused-ring (bicyclic) bond motifs is 8. The summed E-state index contributed by atoms with van der Waals surface area (Å²) in [6.45, 7) is 15.7. The summed E-state index contributed by atoms with van der Waals surface area (Å²) in [7, 11) is -1.78. The molecular formula is C47H46F9N4O7PS. The molecule has 22 heteroatoms. The normalized spacial score (nSPS) is 17.9. The number of carbonyl (C=O) groups is 3. The highest BCUT2D eigenvalue weighted by Gasteiger charge is 2.60. The molecule has 0 saturated carbocycles. The van der Waals surface area contributed by atoms with Crippen LogP contribution < -0.4 is 14.5 Å². The van der Waals surface area contributed by atoms with Gasteiger partial charge in [-0.1, -0.05) is 12.2 Å². The van der Waals surface area contributed by atoms with Crippen molar-refractivity contribution in [1.82, 2.24) is 4.67 Å². The predicted molar refractivity (Wildman–Crippen MR) is 239 cm³/mol. The van der Waals surface area contributed by atoms with E-state index in [-0.39, 0.29) is 70.9 Å². The van der Waals surface area contributed by atoms with E-state index >= 15 is 13.2 Å². The van der Waals surface area contributed by atoms with Crippen molar-refractivity contribution < 1.29 is 72.4 Å². The molecule has 370 valence electrons. The Hall–Kier alpha value is -5.13. The van der Waals surface area contributed by atoms with E-state index in [0.717, 1.165) is 24.3 Å². The lowest BCUT2D eigenvalue weighted by Gasteiger charge is -2.45. The van der Waals surface area contributed by atoms with E-state index < -0.39 is 112 Å². The molecule has 0 bridgehead atoms. The summed E-state index contributed by atoms with van der Waals surface area (Å²) < 4.78 is 163. The molecule has 3 aromatic rings. The number of halogens is 9. The fourth-order valence-corrected chi connectivity index (χ4v) is 12.1. The van der Waals surface area contributed by atoms with Gasteiger partial charge < -0.3 is 18.5 Å². The number of carbonyl (C=O) groups excluding carboxylic acids is 3. The number of nitriles is 1. The number of amides is 2. The Balaban J connectivity index is 1.44. The molecule has 1 unspecified atom stereocenters.